The summed E-state index contributed by atoms with van der Waals surface area (Å²) < 4.78 is 5.95. The molecule has 0 aromatic rings. The standard InChI is InChI=1S/C14H24N2O/c15-11-10-4-3-7-17-13(10)12(11)16-8-14(9-16)5-1-2-6-14/h10-13H,1-9,15H2. The highest BCUT2D eigenvalue weighted by Crippen LogP contribution is 2.50. The lowest BCUT2D eigenvalue weighted by Gasteiger charge is -2.62. The second-order valence-electron chi connectivity index (χ2n) is 6.82. The first-order valence-electron chi connectivity index (χ1n) is 7.40. The Morgan fingerprint density at radius 1 is 1.12 bits per heavy atom. The number of hydrogen-bond acceptors (Lipinski definition) is 3. The highest BCUT2D eigenvalue weighted by molar-refractivity contribution is 5.13. The number of ether oxygens (including phenoxy) is 1. The fourth-order valence-corrected chi connectivity index (χ4v) is 4.84. The molecule has 4 atom stereocenters. The van der Waals surface area contributed by atoms with Crippen LogP contribution in [0.4, 0.5) is 0 Å². The van der Waals surface area contributed by atoms with Crippen molar-refractivity contribution < 1.29 is 4.74 Å². The normalized spacial score (nSPS) is 48.5. The van der Waals surface area contributed by atoms with Crippen molar-refractivity contribution in [1.29, 1.82) is 0 Å². The molecule has 4 rings (SSSR count). The maximum Gasteiger partial charge on any atom is 0.0788 e. The predicted molar refractivity (Wildman–Crippen MR) is 66.7 cm³/mol. The molecule has 2 aliphatic heterocycles. The third kappa shape index (κ3) is 1.45. The molecule has 96 valence electrons. The number of rotatable bonds is 1. The molecule has 2 heterocycles. The van der Waals surface area contributed by atoms with Crippen LogP contribution < -0.4 is 5.73 Å². The average molecular weight is 236 g/mol. The van der Waals surface area contributed by atoms with Crippen molar-refractivity contribution in [3.63, 3.8) is 0 Å². The van der Waals surface area contributed by atoms with Crippen LogP contribution in [0.3, 0.4) is 0 Å². The molecule has 4 aliphatic rings. The van der Waals surface area contributed by atoms with Crippen molar-refractivity contribution in [2.45, 2.75) is 56.7 Å². The Hall–Kier alpha value is -0.120. The minimum atomic E-state index is 0.388. The van der Waals surface area contributed by atoms with Gasteiger partial charge in [0.1, 0.15) is 0 Å². The van der Waals surface area contributed by atoms with Gasteiger partial charge in [-0.05, 0) is 31.1 Å². The minimum Gasteiger partial charge on any atom is -0.376 e. The molecule has 1 spiro atoms. The first-order chi connectivity index (χ1) is 8.29. The topological polar surface area (TPSA) is 38.5 Å². The third-order valence-corrected chi connectivity index (χ3v) is 5.80. The van der Waals surface area contributed by atoms with Gasteiger partial charge in [0.05, 0.1) is 12.1 Å². The van der Waals surface area contributed by atoms with Crippen molar-refractivity contribution in [3.05, 3.63) is 0 Å². The summed E-state index contributed by atoms with van der Waals surface area (Å²) in [6, 6.07) is 0.936. The molecule has 4 fully saturated rings. The second-order valence-corrected chi connectivity index (χ2v) is 6.82. The Labute approximate surface area is 104 Å². The smallest absolute Gasteiger partial charge is 0.0788 e. The molecule has 17 heavy (non-hydrogen) atoms. The van der Waals surface area contributed by atoms with E-state index < -0.39 is 0 Å². The summed E-state index contributed by atoms with van der Waals surface area (Å²) in [5.41, 5.74) is 7.05. The van der Waals surface area contributed by atoms with Crippen LogP contribution in [0.15, 0.2) is 0 Å². The van der Waals surface area contributed by atoms with Crippen molar-refractivity contribution in [1.82, 2.24) is 4.90 Å². The van der Waals surface area contributed by atoms with Crippen LogP contribution >= 0.6 is 0 Å². The number of likely N-dealkylation sites (tertiary alicyclic amines) is 1. The molecule has 0 bridgehead atoms. The number of nitrogens with two attached hydrogens (primary N) is 1. The molecular weight excluding hydrogens is 212 g/mol. The summed E-state index contributed by atoms with van der Waals surface area (Å²) in [6.07, 6.45) is 8.80. The summed E-state index contributed by atoms with van der Waals surface area (Å²) in [7, 11) is 0. The minimum absolute atomic E-state index is 0.388. The SMILES string of the molecule is NC1C2CCCOC2C1N1CC2(CCCC2)C1. The van der Waals surface area contributed by atoms with Gasteiger partial charge in [0.2, 0.25) is 0 Å². The Morgan fingerprint density at radius 3 is 2.65 bits per heavy atom. The van der Waals surface area contributed by atoms with Crippen molar-refractivity contribution in [2.75, 3.05) is 19.7 Å². The highest BCUT2D eigenvalue weighted by atomic mass is 16.5. The van der Waals surface area contributed by atoms with Crippen LogP contribution in [-0.4, -0.2) is 42.8 Å². The van der Waals surface area contributed by atoms with E-state index in [2.05, 4.69) is 4.90 Å². The van der Waals surface area contributed by atoms with Gasteiger partial charge in [0, 0.05) is 31.7 Å². The fraction of sp³-hybridized carbons (Fsp3) is 1.00. The Kier molecular flexibility index (Phi) is 2.34. The van der Waals surface area contributed by atoms with Crippen molar-refractivity contribution >= 4 is 0 Å². The van der Waals surface area contributed by atoms with E-state index in [4.69, 9.17) is 10.5 Å². The van der Waals surface area contributed by atoms with Crippen molar-refractivity contribution in [2.24, 2.45) is 17.1 Å². The van der Waals surface area contributed by atoms with Gasteiger partial charge in [-0.25, -0.2) is 0 Å². The summed E-state index contributed by atoms with van der Waals surface area (Å²) in [6.45, 7) is 3.57. The molecule has 0 aromatic heterocycles. The number of nitrogens with zero attached hydrogens (tertiary/aromatic N) is 1. The summed E-state index contributed by atoms with van der Waals surface area (Å²) in [5.74, 6) is 0.661. The summed E-state index contributed by atoms with van der Waals surface area (Å²) >= 11 is 0. The summed E-state index contributed by atoms with van der Waals surface area (Å²) in [5, 5.41) is 0. The van der Waals surface area contributed by atoms with Crippen LogP contribution in [0.1, 0.15) is 38.5 Å². The molecule has 4 unspecified atom stereocenters. The summed E-state index contributed by atoms with van der Waals surface area (Å²) in [4.78, 5) is 2.63. The zero-order chi connectivity index (χ0) is 11.5. The Balaban J connectivity index is 1.40. The quantitative estimate of drug-likeness (QED) is 0.747. The molecular formula is C14H24N2O. The first-order valence-corrected chi connectivity index (χ1v) is 7.40. The van der Waals surface area contributed by atoms with E-state index in [1.54, 1.807) is 0 Å². The highest BCUT2D eigenvalue weighted by Gasteiger charge is 2.58. The monoisotopic (exact) mass is 236 g/mol. The molecule has 2 saturated heterocycles. The number of fused-ring (bicyclic) bond motifs is 1. The van der Waals surface area contributed by atoms with Gasteiger partial charge in [-0.1, -0.05) is 12.8 Å². The van der Waals surface area contributed by atoms with E-state index in [1.165, 1.54) is 51.6 Å². The zero-order valence-corrected chi connectivity index (χ0v) is 10.6. The van der Waals surface area contributed by atoms with Gasteiger partial charge < -0.3 is 10.5 Å². The van der Waals surface area contributed by atoms with Crippen LogP contribution in [0.25, 0.3) is 0 Å². The molecule has 3 nitrogen and oxygen atoms in total. The first kappa shape index (κ1) is 10.8. The van der Waals surface area contributed by atoms with Crippen molar-refractivity contribution in [3.8, 4) is 0 Å². The lowest BCUT2D eigenvalue weighted by molar-refractivity contribution is -0.187. The van der Waals surface area contributed by atoms with Gasteiger partial charge in [-0.3, -0.25) is 4.90 Å². The van der Waals surface area contributed by atoms with E-state index in [0.29, 0.717) is 29.5 Å². The second kappa shape index (κ2) is 3.69. The van der Waals surface area contributed by atoms with Gasteiger partial charge in [0.15, 0.2) is 0 Å². The maximum absolute atomic E-state index is 6.35. The van der Waals surface area contributed by atoms with Crippen LogP contribution in [0, 0.1) is 11.3 Å². The largest absolute Gasteiger partial charge is 0.376 e. The molecule has 3 heteroatoms. The number of hydrogen-bond donors (Lipinski definition) is 1. The van der Waals surface area contributed by atoms with Crippen LogP contribution in [-0.2, 0) is 4.74 Å². The van der Waals surface area contributed by atoms with E-state index in [0.717, 1.165) is 6.61 Å². The van der Waals surface area contributed by atoms with Gasteiger partial charge >= 0.3 is 0 Å². The molecule has 2 aliphatic carbocycles. The van der Waals surface area contributed by atoms with E-state index >= 15 is 0 Å². The Morgan fingerprint density at radius 2 is 1.88 bits per heavy atom. The maximum atomic E-state index is 6.35. The van der Waals surface area contributed by atoms with E-state index in [9.17, 15) is 0 Å². The van der Waals surface area contributed by atoms with Crippen LogP contribution in [0.5, 0.6) is 0 Å². The third-order valence-electron chi connectivity index (χ3n) is 5.80. The van der Waals surface area contributed by atoms with Gasteiger partial charge in [-0.15, -0.1) is 0 Å². The van der Waals surface area contributed by atoms with Crippen LogP contribution in [0.2, 0.25) is 0 Å². The fourth-order valence-electron chi connectivity index (χ4n) is 4.84. The lowest BCUT2D eigenvalue weighted by atomic mass is 9.65. The molecule has 0 amide bonds. The lowest BCUT2D eigenvalue weighted by Crippen LogP contribution is -2.76. The van der Waals surface area contributed by atoms with Gasteiger partial charge in [0.25, 0.3) is 0 Å². The zero-order valence-electron chi connectivity index (χ0n) is 10.6. The van der Waals surface area contributed by atoms with E-state index in [-0.39, 0.29) is 0 Å². The Bertz CT molecular complexity index is 305. The molecule has 0 radical (unpaired) electrons. The van der Waals surface area contributed by atoms with E-state index in [1.807, 2.05) is 0 Å². The molecule has 2 N–H and O–H groups in total. The molecule has 2 saturated carbocycles. The van der Waals surface area contributed by atoms with Gasteiger partial charge in [-0.2, -0.15) is 0 Å². The average Bonchev–Trinajstić information content (AvgIpc) is 2.77. The molecule has 0 aromatic carbocycles. The predicted octanol–water partition coefficient (Wildman–Crippen LogP) is 1.37.